The van der Waals surface area contributed by atoms with Gasteiger partial charge in [0.2, 0.25) is 0 Å². The monoisotopic (exact) mass is 376 g/mol. The van der Waals surface area contributed by atoms with Gasteiger partial charge < -0.3 is 15.5 Å². The molecule has 9 heteroatoms. The molecule has 2 amide bonds. The van der Waals surface area contributed by atoms with Crippen molar-refractivity contribution in [3.63, 3.8) is 0 Å². The molecule has 0 fully saturated rings. The highest BCUT2D eigenvalue weighted by Crippen LogP contribution is 2.23. The van der Waals surface area contributed by atoms with E-state index in [4.69, 9.17) is 0 Å². The Morgan fingerprint density at radius 3 is 2.54 bits per heavy atom. The second-order valence-corrected chi connectivity index (χ2v) is 6.89. The van der Waals surface area contributed by atoms with Crippen LogP contribution in [0.1, 0.15) is 16.5 Å². The Kier molecular flexibility index (Phi) is 6.42. The Morgan fingerprint density at radius 2 is 2.00 bits per heavy atom. The van der Waals surface area contributed by atoms with Crippen molar-refractivity contribution in [2.75, 3.05) is 26.0 Å². The number of hydrogen-bond acceptors (Lipinski definition) is 6. The molecule has 0 aliphatic rings. The number of thiophene rings is 1. The third-order valence-electron chi connectivity index (χ3n) is 3.83. The van der Waals surface area contributed by atoms with E-state index in [9.17, 15) is 19.7 Å². The van der Waals surface area contributed by atoms with E-state index in [-0.39, 0.29) is 11.7 Å². The number of nitrogens with zero attached hydrogens (tertiary/aromatic N) is 2. The van der Waals surface area contributed by atoms with Crippen LogP contribution >= 0.6 is 11.3 Å². The fourth-order valence-corrected chi connectivity index (χ4v) is 3.29. The number of nitro groups is 1. The highest BCUT2D eigenvalue weighted by molar-refractivity contribution is 7.10. The van der Waals surface area contributed by atoms with Crippen molar-refractivity contribution in [3.05, 3.63) is 56.3 Å². The van der Waals surface area contributed by atoms with Crippen molar-refractivity contribution in [2.45, 2.75) is 13.0 Å². The zero-order valence-electron chi connectivity index (χ0n) is 14.7. The van der Waals surface area contributed by atoms with Crippen molar-refractivity contribution in [1.82, 2.24) is 10.2 Å². The molecule has 0 spiro atoms. The van der Waals surface area contributed by atoms with Gasteiger partial charge in [-0.3, -0.25) is 19.7 Å². The molecule has 1 heterocycles. The number of nitrogens with one attached hydrogen (secondary N) is 2. The van der Waals surface area contributed by atoms with Gasteiger partial charge in [0.25, 0.3) is 5.69 Å². The maximum atomic E-state index is 12.1. The van der Waals surface area contributed by atoms with E-state index in [0.717, 1.165) is 4.88 Å². The summed E-state index contributed by atoms with van der Waals surface area (Å²) in [6.07, 6.45) is 0. The molecular formula is C17H20N4O4S. The van der Waals surface area contributed by atoms with Gasteiger partial charge in [-0.25, -0.2) is 0 Å². The largest absolute Gasteiger partial charge is 0.346 e. The maximum absolute atomic E-state index is 12.1. The first-order valence-electron chi connectivity index (χ1n) is 7.83. The van der Waals surface area contributed by atoms with Crippen molar-refractivity contribution in [3.8, 4) is 0 Å². The number of non-ortho nitro benzene ring substituents is 1. The van der Waals surface area contributed by atoms with Crippen LogP contribution in [0, 0.1) is 17.0 Å². The van der Waals surface area contributed by atoms with E-state index in [1.807, 2.05) is 36.5 Å². The Hall–Kier alpha value is -2.78. The van der Waals surface area contributed by atoms with E-state index < -0.39 is 16.7 Å². The van der Waals surface area contributed by atoms with E-state index in [1.54, 1.807) is 18.3 Å². The number of likely N-dealkylation sites (N-methyl/N-ethyl adjacent to an activating group) is 1. The quantitative estimate of drug-likeness (QED) is 0.457. The van der Waals surface area contributed by atoms with Gasteiger partial charge in [-0.1, -0.05) is 6.07 Å². The summed E-state index contributed by atoms with van der Waals surface area (Å²) in [4.78, 5) is 37.4. The molecule has 2 N–H and O–H groups in total. The predicted octanol–water partition coefficient (Wildman–Crippen LogP) is 2.32. The lowest BCUT2D eigenvalue weighted by Gasteiger charge is -2.23. The van der Waals surface area contributed by atoms with Gasteiger partial charge in [0.15, 0.2) is 0 Å². The standard InChI is InChI=1S/C17H20N4O4S/c1-11-9-12(21(24)25)6-7-13(11)19-17(23)16(22)18-10-14(20(2)3)15-5-4-8-26-15/h4-9,14H,10H2,1-3H3,(H,18,22)(H,19,23)/t14-/m1/s1. The second-order valence-electron chi connectivity index (χ2n) is 5.92. The summed E-state index contributed by atoms with van der Waals surface area (Å²) in [5, 5.41) is 17.8. The number of anilines is 1. The lowest BCUT2D eigenvalue weighted by Crippen LogP contribution is -2.40. The van der Waals surface area contributed by atoms with E-state index in [2.05, 4.69) is 10.6 Å². The molecule has 0 saturated carbocycles. The Balaban J connectivity index is 1.97. The Morgan fingerprint density at radius 1 is 1.27 bits per heavy atom. The summed E-state index contributed by atoms with van der Waals surface area (Å²) in [7, 11) is 3.80. The number of carbonyl (C=O) groups excluding carboxylic acids is 2. The second kappa shape index (κ2) is 8.54. The summed E-state index contributed by atoms with van der Waals surface area (Å²) in [6.45, 7) is 1.92. The molecule has 0 saturated heterocycles. The molecule has 8 nitrogen and oxygen atoms in total. The molecule has 1 aromatic carbocycles. The molecule has 26 heavy (non-hydrogen) atoms. The normalized spacial score (nSPS) is 11.8. The summed E-state index contributed by atoms with van der Waals surface area (Å²) in [5.41, 5.74) is 0.790. The number of rotatable bonds is 6. The molecule has 0 aliphatic carbocycles. The molecule has 1 atom stereocenters. The van der Waals surface area contributed by atoms with Gasteiger partial charge in [0.05, 0.1) is 11.0 Å². The van der Waals surface area contributed by atoms with Crippen LogP contribution in [0.3, 0.4) is 0 Å². The van der Waals surface area contributed by atoms with Crippen LogP contribution in [0.5, 0.6) is 0 Å². The number of hydrogen-bond donors (Lipinski definition) is 2. The number of amides is 2. The van der Waals surface area contributed by atoms with Crippen LogP contribution in [-0.4, -0.2) is 42.3 Å². The van der Waals surface area contributed by atoms with Gasteiger partial charge in [-0.2, -0.15) is 0 Å². The molecule has 2 aromatic rings. The number of benzene rings is 1. The molecule has 0 bridgehead atoms. The van der Waals surface area contributed by atoms with E-state index in [1.165, 1.54) is 18.2 Å². The van der Waals surface area contributed by atoms with Gasteiger partial charge in [0.1, 0.15) is 0 Å². The third-order valence-corrected chi connectivity index (χ3v) is 4.80. The van der Waals surface area contributed by atoms with Crippen LogP contribution in [0.15, 0.2) is 35.7 Å². The number of nitro benzene ring substituents is 1. The molecule has 138 valence electrons. The lowest BCUT2D eigenvalue weighted by atomic mass is 10.2. The fourth-order valence-electron chi connectivity index (χ4n) is 2.37. The van der Waals surface area contributed by atoms with E-state index >= 15 is 0 Å². The average molecular weight is 376 g/mol. The molecule has 0 aliphatic heterocycles. The molecule has 1 aromatic heterocycles. The van der Waals surface area contributed by atoms with Crippen LogP contribution < -0.4 is 10.6 Å². The van der Waals surface area contributed by atoms with Crippen LogP contribution in [0.4, 0.5) is 11.4 Å². The van der Waals surface area contributed by atoms with Gasteiger partial charge >= 0.3 is 11.8 Å². The van der Waals surface area contributed by atoms with Crippen LogP contribution in [0.25, 0.3) is 0 Å². The smallest absolute Gasteiger partial charge is 0.313 e. The zero-order valence-corrected chi connectivity index (χ0v) is 15.5. The molecule has 0 unspecified atom stereocenters. The van der Waals surface area contributed by atoms with Crippen molar-refractivity contribution in [1.29, 1.82) is 0 Å². The minimum absolute atomic E-state index is 0.0344. The van der Waals surface area contributed by atoms with Crippen molar-refractivity contribution >= 4 is 34.5 Å². The van der Waals surface area contributed by atoms with Crippen molar-refractivity contribution < 1.29 is 14.5 Å². The minimum atomic E-state index is -0.814. The Labute approximate surface area is 155 Å². The Bertz CT molecular complexity index is 805. The number of aryl methyl sites for hydroxylation is 1. The SMILES string of the molecule is Cc1cc([N+](=O)[O-])ccc1NC(=O)C(=O)NC[C@H](c1cccs1)N(C)C. The average Bonchev–Trinajstić information content (AvgIpc) is 3.10. The van der Waals surface area contributed by atoms with Gasteiger partial charge in [0, 0.05) is 29.2 Å². The highest BCUT2D eigenvalue weighted by Gasteiger charge is 2.20. The van der Waals surface area contributed by atoms with Crippen molar-refractivity contribution in [2.24, 2.45) is 0 Å². The summed E-state index contributed by atoms with van der Waals surface area (Å²) < 4.78 is 0. The minimum Gasteiger partial charge on any atom is -0.346 e. The van der Waals surface area contributed by atoms with Gasteiger partial charge in [-0.05, 0) is 44.1 Å². The number of carbonyl (C=O) groups is 2. The highest BCUT2D eigenvalue weighted by atomic mass is 32.1. The maximum Gasteiger partial charge on any atom is 0.313 e. The lowest BCUT2D eigenvalue weighted by molar-refractivity contribution is -0.384. The van der Waals surface area contributed by atoms with Crippen LogP contribution in [-0.2, 0) is 9.59 Å². The summed E-state index contributed by atoms with van der Waals surface area (Å²) in [6, 6.07) is 7.90. The summed E-state index contributed by atoms with van der Waals surface area (Å²) in [5.74, 6) is -1.57. The molecule has 0 radical (unpaired) electrons. The first kappa shape index (κ1) is 19.5. The fraction of sp³-hybridized carbons (Fsp3) is 0.294. The first-order valence-corrected chi connectivity index (χ1v) is 8.71. The topological polar surface area (TPSA) is 105 Å². The molecular weight excluding hydrogens is 356 g/mol. The summed E-state index contributed by atoms with van der Waals surface area (Å²) >= 11 is 1.58. The predicted molar refractivity (Wildman–Crippen MR) is 100 cm³/mol. The molecule has 2 rings (SSSR count). The van der Waals surface area contributed by atoms with Gasteiger partial charge in [-0.15, -0.1) is 11.3 Å². The first-order chi connectivity index (χ1) is 12.3. The van der Waals surface area contributed by atoms with E-state index in [0.29, 0.717) is 17.8 Å². The van der Waals surface area contributed by atoms with Crippen LogP contribution in [0.2, 0.25) is 0 Å². The third kappa shape index (κ3) is 4.87. The zero-order chi connectivity index (χ0) is 19.3.